The summed E-state index contributed by atoms with van der Waals surface area (Å²) in [6.45, 7) is 16.7. The number of pyridine rings is 2. The van der Waals surface area contributed by atoms with Crippen LogP contribution in [0.2, 0.25) is 0 Å². The van der Waals surface area contributed by atoms with E-state index in [0.717, 1.165) is 12.8 Å². The molecule has 3 atom stereocenters. The summed E-state index contributed by atoms with van der Waals surface area (Å²) in [5.41, 5.74) is 15.5. The fourth-order valence-electron chi connectivity index (χ4n) is 9.36. The predicted octanol–water partition coefficient (Wildman–Crippen LogP) is 10.9. The summed E-state index contributed by atoms with van der Waals surface area (Å²) in [7, 11) is 0. The van der Waals surface area contributed by atoms with Crippen molar-refractivity contribution >= 4 is 0 Å². The van der Waals surface area contributed by atoms with Crippen molar-refractivity contribution in [2.24, 2.45) is 0 Å². The maximum absolute atomic E-state index is 2.68. The third-order valence-electron chi connectivity index (χ3n) is 12.1. The van der Waals surface area contributed by atoms with Gasteiger partial charge < -0.3 is 0 Å². The lowest BCUT2D eigenvalue weighted by Crippen LogP contribution is -2.72. The molecule has 0 amide bonds. The second-order valence-electron chi connectivity index (χ2n) is 15.5. The van der Waals surface area contributed by atoms with Crippen LogP contribution in [0.4, 0.5) is 0 Å². The number of hydrogen-bond donors (Lipinski definition) is 0. The summed E-state index contributed by atoms with van der Waals surface area (Å²) < 4.78 is 5.35. The minimum Gasteiger partial charge on any atom is -0.191 e. The van der Waals surface area contributed by atoms with Gasteiger partial charge in [0, 0.05) is 42.2 Å². The SMILES string of the molecule is CCC1(C2c3ccc(-c4ccccc4)cc3-c3ccc(C(C)(C)C)c[n+]32)c2ccccc2-c2cc(C)c(-c3ccccc3)c[n+]2C1(C)CC. The van der Waals surface area contributed by atoms with Gasteiger partial charge in [0.1, 0.15) is 5.41 Å². The Morgan fingerprint density at radius 3 is 1.96 bits per heavy atom. The van der Waals surface area contributed by atoms with Crippen LogP contribution in [0, 0.1) is 6.92 Å². The Balaban J connectivity index is 1.46. The van der Waals surface area contributed by atoms with Gasteiger partial charge in [-0.05, 0) is 64.8 Å². The van der Waals surface area contributed by atoms with Gasteiger partial charge in [-0.15, -0.1) is 0 Å². The van der Waals surface area contributed by atoms with Crippen LogP contribution in [0.1, 0.15) is 82.7 Å². The fourth-order valence-corrected chi connectivity index (χ4v) is 9.36. The molecule has 2 aromatic heterocycles. The van der Waals surface area contributed by atoms with Gasteiger partial charge in [0.15, 0.2) is 17.9 Å². The number of fused-ring (bicyclic) bond motifs is 6. The second-order valence-corrected chi connectivity index (χ2v) is 15.5. The lowest BCUT2D eigenvalue weighted by molar-refractivity contribution is -0.788. The maximum atomic E-state index is 2.68. The smallest absolute Gasteiger partial charge is 0.191 e. The van der Waals surface area contributed by atoms with Gasteiger partial charge in [-0.25, -0.2) is 0 Å². The Bertz CT molecular complexity index is 2210. The van der Waals surface area contributed by atoms with Gasteiger partial charge in [0.25, 0.3) is 0 Å². The van der Waals surface area contributed by atoms with E-state index < -0.39 is 0 Å². The Morgan fingerprint density at radius 2 is 1.29 bits per heavy atom. The van der Waals surface area contributed by atoms with E-state index in [4.69, 9.17) is 0 Å². The standard InChI is InChI=1S/C47H48N2/c1-8-46(7)47(9-2,41-23-17-16-22-38(41)43-28-32(3)40(31-49(43)46)34-20-14-11-15-21-34)44-37-26-24-35(33-18-12-10-13-19-33)29-39(37)42-27-25-36(30-48(42)44)45(4,5)6/h10-31,44H,8-9H2,1-7H3/q+2. The lowest BCUT2D eigenvalue weighted by atomic mass is 9.55. The van der Waals surface area contributed by atoms with Crippen LogP contribution in [0.25, 0.3) is 44.8 Å². The molecule has 0 saturated heterocycles. The van der Waals surface area contributed by atoms with E-state index in [1.54, 1.807) is 0 Å². The first-order valence-corrected chi connectivity index (χ1v) is 18.1. The highest BCUT2D eigenvalue weighted by atomic mass is 15.1. The summed E-state index contributed by atoms with van der Waals surface area (Å²) in [5.74, 6) is 0. The Morgan fingerprint density at radius 1 is 0.612 bits per heavy atom. The van der Waals surface area contributed by atoms with Crippen LogP contribution in [-0.2, 0) is 16.4 Å². The Hall–Kier alpha value is -4.82. The van der Waals surface area contributed by atoms with Crippen LogP contribution in [0.3, 0.4) is 0 Å². The number of nitrogens with zero attached hydrogens (tertiary/aromatic N) is 2. The van der Waals surface area contributed by atoms with Crippen LogP contribution in [0.15, 0.2) is 134 Å². The van der Waals surface area contributed by atoms with E-state index in [0.29, 0.717) is 0 Å². The highest BCUT2D eigenvalue weighted by Gasteiger charge is 2.68. The Labute approximate surface area is 292 Å². The van der Waals surface area contributed by atoms with Crippen molar-refractivity contribution in [3.63, 3.8) is 0 Å². The third kappa shape index (κ3) is 4.53. The highest BCUT2D eigenvalue weighted by Crippen LogP contribution is 2.58. The molecular weight excluding hydrogens is 593 g/mol. The second kappa shape index (κ2) is 11.4. The first-order valence-electron chi connectivity index (χ1n) is 18.1. The van der Waals surface area contributed by atoms with Crippen molar-refractivity contribution in [2.45, 2.75) is 83.7 Å². The molecule has 2 aliphatic rings. The largest absolute Gasteiger partial charge is 0.213 e. The van der Waals surface area contributed by atoms with Gasteiger partial charge in [-0.2, -0.15) is 9.13 Å². The van der Waals surface area contributed by atoms with Gasteiger partial charge in [-0.1, -0.05) is 126 Å². The molecular formula is C47H48N2+2. The quantitative estimate of drug-likeness (QED) is 0.166. The molecule has 0 N–H and O–H groups in total. The van der Waals surface area contributed by atoms with E-state index in [1.807, 2.05) is 0 Å². The van der Waals surface area contributed by atoms with Gasteiger partial charge in [-0.3, -0.25) is 0 Å². The van der Waals surface area contributed by atoms with Crippen molar-refractivity contribution in [3.8, 4) is 44.8 Å². The Kier molecular flexibility index (Phi) is 7.30. The zero-order valence-corrected chi connectivity index (χ0v) is 30.1. The van der Waals surface area contributed by atoms with Crippen molar-refractivity contribution in [3.05, 3.63) is 156 Å². The average Bonchev–Trinajstić information content (AvgIpc) is 3.45. The van der Waals surface area contributed by atoms with Crippen molar-refractivity contribution in [1.29, 1.82) is 0 Å². The fraction of sp³-hybridized carbons (Fsp3) is 0.277. The predicted molar refractivity (Wildman–Crippen MR) is 203 cm³/mol. The average molecular weight is 641 g/mol. The molecule has 244 valence electrons. The molecule has 2 aliphatic heterocycles. The third-order valence-corrected chi connectivity index (χ3v) is 12.1. The lowest BCUT2D eigenvalue weighted by Gasteiger charge is -2.49. The summed E-state index contributed by atoms with van der Waals surface area (Å²) in [5, 5.41) is 0. The molecule has 6 aromatic rings. The first kappa shape index (κ1) is 31.4. The number of hydrogen-bond acceptors (Lipinski definition) is 0. The van der Waals surface area contributed by atoms with Crippen LogP contribution >= 0.6 is 0 Å². The number of rotatable bonds is 5. The normalized spacial score (nSPS) is 20.7. The molecule has 8 rings (SSSR count). The first-order chi connectivity index (χ1) is 23.6. The highest BCUT2D eigenvalue weighted by molar-refractivity contribution is 5.76. The van der Waals surface area contributed by atoms with E-state index in [-0.39, 0.29) is 22.4 Å². The van der Waals surface area contributed by atoms with E-state index in [9.17, 15) is 0 Å². The summed E-state index contributed by atoms with van der Waals surface area (Å²) in [4.78, 5) is 0. The van der Waals surface area contributed by atoms with Crippen LogP contribution in [0.5, 0.6) is 0 Å². The molecule has 3 unspecified atom stereocenters. The minimum absolute atomic E-state index is 0.0257. The van der Waals surface area contributed by atoms with E-state index in [2.05, 4.69) is 191 Å². The van der Waals surface area contributed by atoms with Gasteiger partial charge in [0.05, 0.1) is 11.1 Å². The summed E-state index contributed by atoms with van der Waals surface area (Å²) in [6, 6.07) is 45.6. The van der Waals surface area contributed by atoms with E-state index in [1.165, 1.54) is 67.0 Å². The molecule has 0 spiro atoms. The zero-order valence-electron chi connectivity index (χ0n) is 30.1. The van der Waals surface area contributed by atoms with Crippen LogP contribution in [-0.4, -0.2) is 0 Å². The van der Waals surface area contributed by atoms with Crippen molar-refractivity contribution in [2.75, 3.05) is 0 Å². The number of aryl methyl sites for hydroxylation is 1. The molecule has 4 heterocycles. The molecule has 49 heavy (non-hydrogen) atoms. The monoisotopic (exact) mass is 640 g/mol. The molecule has 0 bridgehead atoms. The van der Waals surface area contributed by atoms with Gasteiger partial charge in [0.2, 0.25) is 17.4 Å². The summed E-state index contributed by atoms with van der Waals surface area (Å²) in [6.07, 6.45) is 6.96. The van der Waals surface area contributed by atoms with Gasteiger partial charge >= 0.3 is 0 Å². The molecule has 2 heteroatoms. The van der Waals surface area contributed by atoms with E-state index >= 15 is 0 Å². The molecule has 0 fully saturated rings. The molecule has 2 nitrogen and oxygen atoms in total. The molecule has 0 radical (unpaired) electrons. The zero-order chi connectivity index (χ0) is 34.1. The molecule has 4 aromatic carbocycles. The molecule has 0 saturated carbocycles. The minimum atomic E-state index is -0.255. The number of aromatic nitrogens is 2. The maximum Gasteiger partial charge on any atom is 0.213 e. The molecule has 0 aliphatic carbocycles. The number of benzene rings is 4. The van der Waals surface area contributed by atoms with Crippen LogP contribution < -0.4 is 9.13 Å². The summed E-state index contributed by atoms with van der Waals surface area (Å²) >= 11 is 0. The topological polar surface area (TPSA) is 7.76 Å². The van der Waals surface area contributed by atoms with Crippen molar-refractivity contribution < 1.29 is 9.13 Å². The van der Waals surface area contributed by atoms with Crippen molar-refractivity contribution in [1.82, 2.24) is 0 Å².